The molecule has 25 heavy (non-hydrogen) atoms. The van der Waals surface area contributed by atoms with Gasteiger partial charge in [-0.1, -0.05) is 18.6 Å². The first-order chi connectivity index (χ1) is 11.8. The summed E-state index contributed by atoms with van der Waals surface area (Å²) in [6.07, 6.45) is 3.09. The van der Waals surface area contributed by atoms with Crippen LogP contribution in [-0.2, 0) is 21.1 Å². The van der Waals surface area contributed by atoms with E-state index in [1.165, 1.54) is 0 Å². The highest BCUT2D eigenvalue weighted by Gasteiger charge is 2.15. The van der Waals surface area contributed by atoms with E-state index in [0.29, 0.717) is 19.3 Å². The third kappa shape index (κ3) is 5.92. The highest BCUT2D eigenvalue weighted by molar-refractivity contribution is 7.91. The van der Waals surface area contributed by atoms with E-state index in [1.54, 1.807) is 13.8 Å². The second-order valence-electron chi connectivity index (χ2n) is 6.92. The number of rotatable bonds is 9. The Morgan fingerprint density at radius 2 is 1.84 bits per heavy atom. The first-order valence-electron chi connectivity index (χ1n) is 8.87. The average Bonchev–Trinajstić information content (AvgIpc) is 2.54. The van der Waals surface area contributed by atoms with Gasteiger partial charge in [0.1, 0.15) is 5.78 Å². The lowest BCUT2D eigenvalue weighted by Crippen LogP contribution is -2.17. The normalized spacial score (nSPS) is 12.0. The molecule has 4 nitrogen and oxygen atoms in total. The standard InChI is InChI=1S/C20H27NO3S/c1-15(2)25(23,24)12-6-4-5-7-19(22)14-17-9-11-20-18(13-17)10-8-16(3)21-20/h8-11,13,15H,4-7,12,14H2,1-3H3. The number of hydrogen-bond acceptors (Lipinski definition) is 4. The summed E-state index contributed by atoms with van der Waals surface area (Å²) in [4.78, 5) is 16.6. The number of nitrogens with zero attached hydrogens (tertiary/aromatic N) is 1. The third-order valence-electron chi connectivity index (χ3n) is 4.40. The molecule has 1 heterocycles. The summed E-state index contributed by atoms with van der Waals surface area (Å²) in [5.74, 6) is 0.418. The van der Waals surface area contributed by atoms with Crippen LogP contribution in [0.5, 0.6) is 0 Å². The van der Waals surface area contributed by atoms with Gasteiger partial charge in [0.25, 0.3) is 0 Å². The molecule has 0 saturated heterocycles. The molecule has 0 aliphatic rings. The van der Waals surface area contributed by atoms with Gasteiger partial charge in [-0.05, 0) is 57.4 Å². The minimum absolute atomic E-state index is 0.200. The number of benzene rings is 1. The minimum Gasteiger partial charge on any atom is -0.299 e. The zero-order chi connectivity index (χ0) is 18.4. The summed E-state index contributed by atoms with van der Waals surface area (Å²) in [6.45, 7) is 5.38. The number of Topliss-reactive ketones (excluding diaryl/α,β-unsaturated/α-hetero) is 1. The maximum atomic E-state index is 12.1. The van der Waals surface area contributed by atoms with Crippen LogP contribution in [0.15, 0.2) is 30.3 Å². The fourth-order valence-corrected chi connectivity index (χ4v) is 3.82. The number of pyridine rings is 1. The summed E-state index contributed by atoms with van der Waals surface area (Å²) >= 11 is 0. The van der Waals surface area contributed by atoms with E-state index in [-0.39, 0.29) is 16.8 Å². The number of hydrogen-bond donors (Lipinski definition) is 0. The third-order valence-corrected chi connectivity index (χ3v) is 6.69. The van der Waals surface area contributed by atoms with Gasteiger partial charge in [-0.15, -0.1) is 0 Å². The van der Waals surface area contributed by atoms with Gasteiger partial charge in [0.05, 0.1) is 16.5 Å². The van der Waals surface area contributed by atoms with Crippen molar-refractivity contribution >= 4 is 26.5 Å². The predicted octanol–water partition coefficient (Wildman–Crippen LogP) is 4.04. The number of unbranched alkanes of at least 4 members (excludes halogenated alkanes) is 2. The van der Waals surface area contributed by atoms with E-state index >= 15 is 0 Å². The van der Waals surface area contributed by atoms with Crippen LogP contribution < -0.4 is 0 Å². The Bertz CT molecular complexity index is 841. The van der Waals surface area contributed by atoms with Crippen molar-refractivity contribution in [2.24, 2.45) is 0 Å². The topological polar surface area (TPSA) is 64.1 Å². The van der Waals surface area contributed by atoms with Crippen LogP contribution in [0.1, 0.15) is 50.8 Å². The summed E-state index contributed by atoms with van der Waals surface area (Å²) < 4.78 is 23.4. The molecule has 0 bridgehead atoms. The van der Waals surface area contributed by atoms with E-state index < -0.39 is 9.84 Å². The van der Waals surface area contributed by atoms with Gasteiger partial charge in [0.2, 0.25) is 0 Å². The first kappa shape index (κ1) is 19.6. The zero-order valence-corrected chi connectivity index (χ0v) is 16.1. The molecule has 0 aliphatic heterocycles. The van der Waals surface area contributed by atoms with E-state index in [2.05, 4.69) is 4.98 Å². The highest BCUT2D eigenvalue weighted by atomic mass is 32.2. The molecule has 0 amide bonds. The zero-order valence-electron chi connectivity index (χ0n) is 15.3. The van der Waals surface area contributed by atoms with Crippen LogP contribution in [0.2, 0.25) is 0 Å². The van der Waals surface area contributed by atoms with E-state index in [9.17, 15) is 13.2 Å². The number of sulfone groups is 1. The largest absolute Gasteiger partial charge is 0.299 e. The lowest BCUT2D eigenvalue weighted by Gasteiger charge is -2.07. The van der Waals surface area contributed by atoms with Crippen molar-refractivity contribution in [3.05, 3.63) is 41.6 Å². The van der Waals surface area contributed by atoms with Crippen LogP contribution >= 0.6 is 0 Å². The van der Waals surface area contributed by atoms with Crippen molar-refractivity contribution in [1.29, 1.82) is 0 Å². The van der Waals surface area contributed by atoms with Gasteiger partial charge < -0.3 is 0 Å². The van der Waals surface area contributed by atoms with Crippen LogP contribution in [0.3, 0.4) is 0 Å². The summed E-state index contributed by atoms with van der Waals surface area (Å²) in [6, 6.07) is 9.94. The highest BCUT2D eigenvalue weighted by Crippen LogP contribution is 2.16. The molecule has 0 saturated carbocycles. The minimum atomic E-state index is -2.96. The Labute approximate surface area is 150 Å². The van der Waals surface area contributed by atoms with E-state index in [4.69, 9.17) is 0 Å². The Balaban J connectivity index is 1.78. The van der Waals surface area contributed by atoms with Crippen LogP contribution in [-0.4, -0.2) is 30.2 Å². The molecule has 0 spiro atoms. The number of fused-ring (bicyclic) bond motifs is 1. The maximum Gasteiger partial charge on any atom is 0.152 e. The molecule has 1 aromatic heterocycles. The molecule has 0 atom stereocenters. The summed E-state index contributed by atoms with van der Waals surface area (Å²) in [5, 5.41) is 0.732. The Morgan fingerprint density at radius 1 is 1.08 bits per heavy atom. The number of ketones is 1. The molecule has 0 N–H and O–H groups in total. The molecule has 2 aromatic rings. The molecular formula is C20H27NO3S. The quantitative estimate of drug-likeness (QED) is 0.632. The first-order valence-corrected chi connectivity index (χ1v) is 10.6. The molecule has 0 aliphatic carbocycles. The van der Waals surface area contributed by atoms with Crippen molar-refractivity contribution in [2.75, 3.05) is 5.75 Å². The Hall–Kier alpha value is -1.75. The van der Waals surface area contributed by atoms with Gasteiger partial charge >= 0.3 is 0 Å². The van der Waals surface area contributed by atoms with E-state index in [0.717, 1.165) is 35.0 Å². The molecule has 0 fully saturated rings. The fraction of sp³-hybridized carbons (Fsp3) is 0.500. The molecular weight excluding hydrogens is 334 g/mol. The van der Waals surface area contributed by atoms with Crippen molar-refractivity contribution in [2.45, 2.75) is 58.1 Å². The SMILES string of the molecule is Cc1ccc2cc(CC(=O)CCCCCS(=O)(=O)C(C)C)ccc2n1. The molecule has 0 radical (unpaired) electrons. The predicted molar refractivity (Wildman–Crippen MR) is 103 cm³/mol. The summed E-state index contributed by atoms with van der Waals surface area (Å²) in [5.41, 5.74) is 2.93. The van der Waals surface area contributed by atoms with E-state index in [1.807, 2.05) is 37.3 Å². The van der Waals surface area contributed by atoms with Crippen molar-refractivity contribution < 1.29 is 13.2 Å². The van der Waals surface area contributed by atoms with Crippen molar-refractivity contribution in [1.82, 2.24) is 4.98 Å². The smallest absolute Gasteiger partial charge is 0.152 e. The second kappa shape index (κ2) is 8.56. The molecule has 1 aromatic carbocycles. The Morgan fingerprint density at radius 3 is 2.56 bits per heavy atom. The monoisotopic (exact) mass is 361 g/mol. The number of carbonyl (C=O) groups is 1. The number of aromatic nitrogens is 1. The van der Waals surface area contributed by atoms with Crippen molar-refractivity contribution in [3.8, 4) is 0 Å². The van der Waals surface area contributed by atoms with Crippen LogP contribution in [0.25, 0.3) is 10.9 Å². The lowest BCUT2D eigenvalue weighted by atomic mass is 10.0. The molecule has 0 unspecified atom stereocenters. The fourth-order valence-electron chi connectivity index (χ4n) is 2.74. The van der Waals surface area contributed by atoms with Gasteiger partial charge in [-0.3, -0.25) is 9.78 Å². The van der Waals surface area contributed by atoms with Gasteiger partial charge in [-0.2, -0.15) is 0 Å². The number of aryl methyl sites for hydroxylation is 1. The van der Waals surface area contributed by atoms with Gasteiger partial charge in [0, 0.05) is 23.9 Å². The maximum absolute atomic E-state index is 12.1. The van der Waals surface area contributed by atoms with Crippen LogP contribution in [0.4, 0.5) is 0 Å². The van der Waals surface area contributed by atoms with Crippen LogP contribution in [0, 0.1) is 6.92 Å². The lowest BCUT2D eigenvalue weighted by molar-refractivity contribution is -0.118. The average molecular weight is 362 g/mol. The van der Waals surface area contributed by atoms with Crippen molar-refractivity contribution in [3.63, 3.8) is 0 Å². The summed E-state index contributed by atoms with van der Waals surface area (Å²) in [7, 11) is -2.96. The Kier molecular flexibility index (Phi) is 6.71. The second-order valence-corrected chi connectivity index (χ2v) is 9.60. The van der Waals surface area contributed by atoms with Gasteiger partial charge in [-0.25, -0.2) is 8.42 Å². The molecule has 2 rings (SSSR count). The molecule has 5 heteroatoms. The number of carbonyl (C=O) groups excluding carboxylic acids is 1. The van der Waals surface area contributed by atoms with Gasteiger partial charge in [0.15, 0.2) is 9.84 Å². The molecule has 136 valence electrons.